The summed E-state index contributed by atoms with van der Waals surface area (Å²) in [6, 6.07) is 31.0. The minimum Gasteiger partial charge on any atom is -0.322 e. The summed E-state index contributed by atoms with van der Waals surface area (Å²) >= 11 is 0. The zero-order valence-corrected chi connectivity index (χ0v) is 24.7. The van der Waals surface area contributed by atoms with Crippen LogP contribution in [-0.2, 0) is 26.6 Å². The van der Waals surface area contributed by atoms with Gasteiger partial charge in [0.15, 0.2) is 0 Å². The Morgan fingerprint density at radius 2 is 1.37 bits per heavy atom. The van der Waals surface area contributed by atoms with Crippen molar-refractivity contribution in [1.82, 2.24) is 4.98 Å². The van der Waals surface area contributed by atoms with Crippen LogP contribution in [0.15, 0.2) is 137 Å². The van der Waals surface area contributed by atoms with E-state index in [4.69, 9.17) is 0 Å². The van der Waals surface area contributed by atoms with Crippen LogP contribution in [0.25, 0.3) is 0 Å². The highest BCUT2D eigenvalue weighted by atomic mass is 32.2. The Bertz CT molecular complexity index is 1930. The van der Waals surface area contributed by atoms with Crippen LogP contribution in [0.3, 0.4) is 0 Å². The van der Waals surface area contributed by atoms with E-state index in [2.05, 4.69) is 15.0 Å². The predicted octanol–water partition coefficient (Wildman–Crippen LogP) is 5.84. The van der Waals surface area contributed by atoms with E-state index in [0.29, 0.717) is 11.4 Å². The molecule has 0 bridgehead atoms. The molecule has 0 fully saturated rings. The first-order chi connectivity index (χ1) is 20.6. The van der Waals surface area contributed by atoms with E-state index in [0.717, 1.165) is 11.1 Å². The largest absolute Gasteiger partial charge is 0.322 e. The first-order valence-electron chi connectivity index (χ1n) is 13.2. The number of aromatic nitrogens is 1. The van der Waals surface area contributed by atoms with Gasteiger partial charge in [0.2, 0.25) is 0 Å². The Labute approximate surface area is 251 Å². The van der Waals surface area contributed by atoms with Gasteiger partial charge < -0.3 is 5.32 Å². The molecule has 4 aromatic carbocycles. The Morgan fingerprint density at radius 3 is 2.05 bits per heavy atom. The fourth-order valence-corrected chi connectivity index (χ4v) is 6.84. The summed E-state index contributed by atoms with van der Waals surface area (Å²) in [5, 5.41) is 2.76. The molecule has 1 heterocycles. The van der Waals surface area contributed by atoms with Crippen molar-refractivity contribution in [2.24, 2.45) is 0 Å². The maximum Gasteiger partial charge on any atom is 0.264 e. The quantitative estimate of drug-likeness (QED) is 0.204. The molecule has 5 rings (SSSR count). The maximum atomic E-state index is 14.0. The van der Waals surface area contributed by atoms with Gasteiger partial charge in [0.1, 0.15) is 0 Å². The molecule has 0 aliphatic rings. The van der Waals surface area contributed by atoms with E-state index in [1.165, 1.54) is 41.0 Å². The van der Waals surface area contributed by atoms with Crippen molar-refractivity contribution in [2.45, 2.75) is 23.3 Å². The Morgan fingerprint density at radius 1 is 0.721 bits per heavy atom. The third-order valence-electron chi connectivity index (χ3n) is 6.53. The molecule has 0 radical (unpaired) electrons. The van der Waals surface area contributed by atoms with E-state index in [1.54, 1.807) is 60.7 Å². The molecule has 2 N–H and O–H groups in total. The number of hydrogen-bond donors (Lipinski definition) is 2. The number of pyridine rings is 1. The van der Waals surface area contributed by atoms with E-state index >= 15 is 0 Å². The second kappa shape index (κ2) is 12.5. The summed E-state index contributed by atoms with van der Waals surface area (Å²) in [5.74, 6) is -0.558. The molecule has 0 unspecified atom stereocenters. The van der Waals surface area contributed by atoms with Gasteiger partial charge in [-0.2, -0.15) is 0 Å². The van der Waals surface area contributed by atoms with Gasteiger partial charge in [-0.1, -0.05) is 60.2 Å². The van der Waals surface area contributed by atoms with Crippen molar-refractivity contribution in [3.05, 3.63) is 144 Å². The summed E-state index contributed by atoms with van der Waals surface area (Å²) in [6.07, 6.45) is 2.93. The van der Waals surface area contributed by atoms with Gasteiger partial charge in [-0.05, 0) is 73.2 Å². The summed E-state index contributed by atoms with van der Waals surface area (Å²) in [4.78, 5) is 17.5. The van der Waals surface area contributed by atoms with Crippen LogP contribution in [0.1, 0.15) is 21.5 Å². The summed E-state index contributed by atoms with van der Waals surface area (Å²) in [7, 11) is -7.95. The number of nitrogens with zero attached hydrogens (tertiary/aromatic N) is 2. The summed E-state index contributed by atoms with van der Waals surface area (Å²) in [6.45, 7) is 1.87. The van der Waals surface area contributed by atoms with Crippen molar-refractivity contribution in [3.8, 4) is 0 Å². The van der Waals surface area contributed by atoms with E-state index in [-0.39, 0.29) is 27.6 Å². The molecule has 0 aliphatic heterocycles. The molecule has 0 saturated carbocycles. The number of amides is 1. The maximum absolute atomic E-state index is 14.0. The van der Waals surface area contributed by atoms with Gasteiger partial charge in [-0.25, -0.2) is 16.8 Å². The number of nitrogens with one attached hydrogen (secondary N) is 2. The van der Waals surface area contributed by atoms with Crippen LogP contribution >= 0.6 is 0 Å². The second-order valence-electron chi connectivity index (χ2n) is 9.65. The molecular weight excluding hydrogens is 585 g/mol. The van der Waals surface area contributed by atoms with Crippen LogP contribution in [-0.4, -0.2) is 27.7 Å². The number of benzene rings is 4. The topological polar surface area (TPSA) is 126 Å². The number of hydrogen-bond acceptors (Lipinski definition) is 6. The number of carbonyl (C=O) groups excluding carboxylic acids is 1. The third kappa shape index (κ3) is 6.91. The van der Waals surface area contributed by atoms with Crippen molar-refractivity contribution in [1.29, 1.82) is 0 Å². The predicted molar refractivity (Wildman–Crippen MR) is 167 cm³/mol. The molecule has 1 amide bonds. The molecule has 43 heavy (non-hydrogen) atoms. The van der Waals surface area contributed by atoms with Crippen LogP contribution < -0.4 is 14.3 Å². The molecule has 0 atom stereocenters. The minimum absolute atomic E-state index is 0.00215. The lowest BCUT2D eigenvalue weighted by Gasteiger charge is -2.26. The lowest BCUT2D eigenvalue weighted by Crippen LogP contribution is -2.32. The van der Waals surface area contributed by atoms with Crippen LogP contribution in [0.5, 0.6) is 0 Å². The molecule has 0 aliphatic carbocycles. The summed E-state index contributed by atoms with van der Waals surface area (Å²) in [5.41, 5.74) is 2.63. The number of para-hydroxylation sites is 1. The Kier molecular flexibility index (Phi) is 8.56. The van der Waals surface area contributed by atoms with Crippen molar-refractivity contribution in [2.75, 3.05) is 14.3 Å². The molecule has 0 spiro atoms. The minimum atomic E-state index is -4.07. The highest BCUT2D eigenvalue weighted by Gasteiger charge is 2.28. The third-order valence-corrected chi connectivity index (χ3v) is 9.70. The average molecular weight is 613 g/mol. The monoisotopic (exact) mass is 612 g/mol. The first-order valence-corrected chi connectivity index (χ1v) is 16.1. The molecular formula is C32H28N4O5S2. The highest BCUT2D eigenvalue weighted by Crippen LogP contribution is 2.30. The first kappa shape index (κ1) is 29.5. The number of rotatable bonds is 10. The molecule has 5 aromatic rings. The van der Waals surface area contributed by atoms with Crippen LogP contribution in [0.4, 0.5) is 17.1 Å². The SMILES string of the molecule is Cc1ccc(S(=O)(=O)N(Cc2ccccc2)c2ccccc2C(=O)Nc2ccc(S(=O)(=O)Nc3cccnc3)cc2)cc1. The summed E-state index contributed by atoms with van der Waals surface area (Å²) < 4.78 is 57.2. The smallest absolute Gasteiger partial charge is 0.264 e. The number of anilines is 3. The van der Waals surface area contributed by atoms with Gasteiger partial charge >= 0.3 is 0 Å². The van der Waals surface area contributed by atoms with E-state index < -0.39 is 26.0 Å². The van der Waals surface area contributed by atoms with E-state index in [1.807, 2.05) is 37.3 Å². The van der Waals surface area contributed by atoms with Crippen molar-refractivity contribution in [3.63, 3.8) is 0 Å². The second-order valence-corrected chi connectivity index (χ2v) is 13.2. The van der Waals surface area contributed by atoms with Crippen molar-refractivity contribution < 1.29 is 21.6 Å². The number of carbonyl (C=O) groups is 1. The molecule has 0 saturated heterocycles. The molecule has 218 valence electrons. The molecule has 9 nitrogen and oxygen atoms in total. The van der Waals surface area contributed by atoms with Gasteiger partial charge in [0, 0.05) is 11.9 Å². The fraction of sp³-hybridized carbons (Fsp3) is 0.0625. The van der Waals surface area contributed by atoms with Gasteiger partial charge in [-0.3, -0.25) is 18.8 Å². The standard InChI is InChI=1S/C32H28N4O5S2/c1-24-13-17-29(18-14-24)43(40,41)36(23-25-8-3-2-4-9-25)31-12-6-5-11-30(31)32(37)34-26-15-19-28(20-16-26)42(38,39)35-27-10-7-21-33-22-27/h2-22,35H,23H2,1H3,(H,34,37). The van der Waals surface area contributed by atoms with Crippen LogP contribution in [0.2, 0.25) is 0 Å². The van der Waals surface area contributed by atoms with Gasteiger partial charge in [0.25, 0.3) is 26.0 Å². The lowest BCUT2D eigenvalue weighted by atomic mass is 10.1. The number of aryl methyl sites for hydroxylation is 1. The number of sulfonamides is 2. The van der Waals surface area contributed by atoms with Crippen molar-refractivity contribution >= 4 is 43.0 Å². The zero-order chi connectivity index (χ0) is 30.5. The molecule has 1 aromatic heterocycles. The highest BCUT2D eigenvalue weighted by molar-refractivity contribution is 7.93. The van der Waals surface area contributed by atoms with Gasteiger partial charge in [-0.15, -0.1) is 0 Å². The van der Waals surface area contributed by atoms with Crippen LogP contribution in [0, 0.1) is 6.92 Å². The average Bonchev–Trinajstić information content (AvgIpc) is 3.01. The Balaban J connectivity index is 1.44. The Hall–Kier alpha value is -5.00. The normalized spacial score (nSPS) is 11.5. The zero-order valence-electron chi connectivity index (χ0n) is 23.1. The van der Waals surface area contributed by atoms with Gasteiger partial charge in [0.05, 0.1) is 39.5 Å². The molecule has 11 heteroatoms. The lowest BCUT2D eigenvalue weighted by molar-refractivity contribution is 0.102. The fourth-order valence-electron chi connectivity index (χ4n) is 4.32. The van der Waals surface area contributed by atoms with E-state index in [9.17, 15) is 21.6 Å².